The zero-order chi connectivity index (χ0) is 22.1. The van der Waals surface area contributed by atoms with Crippen molar-refractivity contribution < 1.29 is 9.53 Å². The van der Waals surface area contributed by atoms with Gasteiger partial charge >= 0.3 is 0 Å². The van der Waals surface area contributed by atoms with Gasteiger partial charge in [0.25, 0.3) is 0 Å². The summed E-state index contributed by atoms with van der Waals surface area (Å²) in [4.78, 5) is 19.2. The van der Waals surface area contributed by atoms with Crippen molar-refractivity contribution >= 4 is 16.8 Å². The fourth-order valence-corrected chi connectivity index (χ4v) is 4.92. The lowest BCUT2D eigenvalue weighted by Crippen LogP contribution is -2.40. The summed E-state index contributed by atoms with van der Waals surface area (Å²) >= 11 is 0. The molecule has 4 aromatic rings. The Morgan fingerprint density at radius 3 is 2.75 bits per heavy atom. The highest BCUT2D eigenvalue weighted by atomic mass is 16.5. The van der Waals surface area contributed by atoms with Crippen LogP contribution in [-0.4, -0.2) is 29.4 Å². The van der Waals surface area contributed by atoms with Gasteiger partial charge in [0.1, 0.15) is 5.75 Å². The molecule has 0 fully saturated rings. The van der Waals surface area contributed by atoms with Crippen molar-refractivity contribution in [3.8, 4) is 5.75 Å². The molecule has 1 aliphatic rings. The number of ether oxygens (including phenoxy) is 1. The Balaban J connectivity index is 1.48. The molecule has 0 spiro atoms. The Morgan fingerprint density at radius 2 is 1.91 bits per heavy atom. The van der Waals surface area contributed by atoms with Crippen molar-refractivity contribution in [3.63, 3.8) is 0 Å². The minimum absolute atomic E-state index is 0.0936. The van der Waals surface area contributed by atoms with Crippen molar-refractivity contribution in [2.75, 3.05) is 13.7 Å². The summed E-state index contributed by atoms with van der Waals surface area (Å²) in [6, 6.07) is 24.9. The monoisotopic (exact) mass is 424 g/mol. The number of H-pyrrole nitrogens is 1. The molecule has 4 heteroatoms. The minimum Gasteiger partial charge on any atom is -0.497 e. The van der Waals surface area contributed by atoms with E-state index in [1.54, 1.807) is 7.11 Å². The molecule has 1 aliphatic heterocycles. The second-order valence-corrected chi connectivity index (χ2v) is 8.57. The van der Waals surface area contributed by atoms with Gasteiger partial charge in [-0.2, -0.15) is 0 Å². The van der Waals surface area contributed by atoms with Crippen LogP contribution in [0.15, 0.2) is 72.8 Å². The number of hydrogen-bond donors (Lipinski definition) is 1. The number of carbonyl (C=O) groups is 1. The Labute approximate surface area is 188 Å². The number of methoxy groups -OCH3 is 1. The lowest BCUT2D eigenvalue weighted by atomic mass is 9.91. The number of amides is 1. The van der Waals surface area contributed by atoms with Gasteiger partial charge < -0.3 is 14.6 Å². The lowest BCUT2D eigenvalue weighted by Gasteiger charge is -2.36. The van der Waals surface area contributed by atoms with Crippen LogP contribution >= 0.6 is 0 Å². The topological polar surface area (TPSA) is 45.3 Å². The number of fused-ring (bicyclic) bond motifs is 3. The van der Waals surface area contributed by atoms with E-state index in [1.165, 1.54) is 16.5 Å². The number of nitrogens with one attached hydrogen (secondary N) is 1. The normalized spacial score (nSPS) is 15.6. The van der Waals surface area contributed by atoms with Gasteiger partial charge in [0, 0.05) is 29.6 Å². The second kappa shape index (κ2) is 8.54. The van der Waals surface area contributed by atoms with E-state index in [0.29, 0.717) is 12.8 Å². The summed E-state index contributed by atoms with van der Waals surface area (Å²) in [7, 11) is 1.67. The number of aromatic nitrogens is 1. The molecule has 0 saturated carbocycles. The third kappa shape index (κ3) is 3.77. The molecule has 162 valence electrons. The van der Waals surface area contributed by atoms with E-state index in [1.807, 2.05) is 18.2 Å². The first-order chi connectivity index (χ1) is 15.6. The summed E-state index contributed by atoms with van der Waals surface area (Å²) in [5.41, 5.74) is 7.11. The molecule has 32 heavy (non-hydrogen) atoms. The van der Waals surface area contributed by atoms with Crippen molar-refractivity contribution in [1.29, 1.82) is 0 Å². The van der Waals surface area contributed by atoms with E-state index in [9.17, 15) is 4.79 Å². The molecule has 5 rings (SSSR count). The molecule has 4 nitrogen and oxygen atoms in total. The number of hydrogen-bond acceptors (Lipinski definition) is 2. The van der Waals surface area contributed by atoms with Crippen molar-refractivity contribution in [2.45, 2.75) is 32.2 Å². The summed E-state index contributed by atoms with van der Waals surface area (Å²) < 4.78 is 5.33. The summed E-state index contributed by atoms with van der Waals surface area (Å²) in [5.74, 6) is 1.01. The number of para-hydroxylation sites is 1. The maximum atomic E-state index is 13.5. The molecule has 1 unspecified atom stereocenters. The second-order valence-electron chi connectivity index (χ2n) is 8.57. The van der Waals surface area contributed by atoms with Crippen molar-refractivity contribution in [2.24, 2.45) is 0 Å². The van der Waals surface area contributed by atoms with E-state index in [0.717, 1.165) is 41.1 Å². The van der Waals surface area contributed by atoms with Gasteiger partial charge in [-0.3, -0.25) is 4.79 Å². The number of nitrogens with zero attached hydrogens (tertiary/aromatic N) is 1. The molecule has 3 aromatic carbocycles. The maximum Gasteiger partial charge on any atom is 0.223 e. The third-order valence-electron chi connectivity index (χ3n) is 6.47. The molecular weight excluding hydrogens is 396 g/mol. The average Bonchev–Trinajstić information content (AvgIpc) is 3.20. The van der Waals surface area contributed by atoms with Gasteiger partial charge in [-0.05, 0) is 54.7 Å². The largest absolute Gasteiger partial charge is 0.497 e. The van der Waals surface area contributed by atoms with Crippen molar-refractivity contribution in [1.82, 2.24) is 9.88 Å². The van der Waals surface area contributed by atoms with E-state index < -0.39 is 0 Å². The number of benzene rings is 3. The number of carbonyl (C=O) groups excluding carboxylic acids is 1. The van der Waals surface area contributed by atoms with Gasteiger partial charge in [0.05, 0.1) is 13.2 Å². The Morgan fingerprint density at radius 1 is 1.06 bits per heavy atom. The zero-order valence-corrected chi connectivity index (χ0v) is 18.6. The van der Waals surface area contributed by atoms with Crippen LogP contribution in [0.3, 0.4) is 0 Å². The first-order valence-electron chi connectivity index (χ1n) is 11.2. The van der Waals surface area contributed by atoms with Crippen LogP contribution in [0.1, 0.15) is 40.4 Å². The summed E-state index contributed by atoms with van der Waals surface area (Å²) in [5, 5.41) is 1.27. The van der Waals surface area contributed by atoms with Gasteiger partial charge in [-0.15, -0.1) is 0 Å². The highest BCUT2D eigenvalue weighted by molar-refractivity contribution is 5.86. The van der Waals surface area contributed by atoms with Crippen LogP contribution in [0.4, 0.5) is 0 Å². The zero-order valence-electron chi connectivity index (χ0n) is 18.6. The molecule has 1 atom stereocenters. The van der Waals surface area contributed by atoms with Gasteiger partial charge in [0.15, 0.2) is 0 Å². The van der Waals surface area contributed by atoms with E-state index in [2.05, 4.69) is 71.4 Å². The fraction of sp³-hybridized carbons (Fsp3) is 0.250. The van der Waals surface area contributed by atoms with Gasteiger partial charge in [-0.25, -0.2) is 0 Å². The quantitative estimate of drug-likeness (QED) is 0.454. The van der Waals surface area contributed by atoms with Crippen LogP contribution in [0.25, 0.3) is 10.9 Å². The van der Waals surface area contributed by atoms with E-state index in [4.69, 9.17) is 4.74 Å². The Hall–Kier alpha value is -3.53. The molecule has 0 radical (unpaired) electrons. The Kier molecular flexibility index (Phi) is 5.44. The van der Waals surface area contributed by atoms with Crippen LogP contribution in [0, 0.1) is 6.92 Å². The highest BCUT2D eigenvalue weighted by Crippen LogP contribution is 2.39. The van der Waals surface area contributed by atoms with Crippen molar-refractivity contribution in [3.05, 3.63) is 101 Å². The molecule has 0 bridgehead atoms. The van der Waals surface area contributed by atoms with E-state index >= 15 is 0 Å². The van der Waals surface area contributed by atoms with Crippen LogP contribution in [0.2, 0.25) is 0 Å². The van der Waals surface area contributed by atoms with Crippen LogP contribution in [-0.2, 0) is 17.6 Å². The fourth-order valence-electron chi connectivity index (χ4n) is 4.92. The molecular formula is C28H28N2O2. The predicted molar refractivity (Wildman–Crippen MR) is 128 cm³/mol. The molecule has 0 aliphatic carbocycles. The highest BCUT2D eigenvalue weighted by Gasteiger charge is 2.34. The number of aromatic amines is 1. The minimum atomic E-state index is -0.0936. The summed E-state index contributed by atoms with van der Waals surface area (Å²) in [6.07, 6.45) is 2.05. The van der Waals surface area contributed by atoms with Crippen LogP contribution in [0.5, 0.6) is 5.75 Å². The summed E-state index contributed by atoms with van der Waals surface area (Å²) in [6.45, 7) is 2.83. The first-order valence-corrected chi connectivity index (χ1v) is 11.2. The number of aryl methyl sites for hydroxylation is 2. The smallest absolute Gasteiger partial charge is 0.223 e. The SMILES string of the molecule is COc1cccc(CCC(=O)N2CCc3c([nH]c4ccccc34)C2c2cccc(C)c2)c1. The van der Waals surface area contributed by atoms with Crippen LogP contribution < -0.4 is 4.74 Å². The van der Waals surface area contributed by atoms with Gasteiger partial charge in [-0.1, -0.05) is 60.2 Å². The maximum absolute atomic E-state index is 13.5. The van der Waals surface area contributed by atoms with Gasteiger partial charge in [0.2, 0.25) is 5.91 Å². The number of rotatable bonds is 5. The third-order valence-corrected chi connectivity index (χ3v) is 6.47. The predicted octanol–water partition coefficient (Wildman–Crippen LogP) is 5.59. The lowest BCUT2D eigenvalue weighted by molar-refractivity contribution is -0.133. The molecule has 2 heterocycles. The molecule has 1 N–H and O–H groups in total. The molecule has 1 amide bonds. The Bertz CT molecular complexity index is 1270. The average molecular weight is 425 g/mol. The standard InChI is InChI=1S/C28H28N2O2/c1-19-7-5-9-21(17-19)28-27-24(23-11-3-4-12-25(23)29-27)15-16-30(28)26(31)14-13-20-8-6-10-22(18-20)32-2/h3-12,17-18,28-29H,13-16H2,1-2H3. The first kappa shape index (κ1) is 20.4. The van der Waals surface area contributed by atoms with E-state index in [-0.39, 0.29) is 11.9 Å². The molecule has 1 aromatic heterocycles. The molecule has 0 saturated heterocycles.